The van der Waals surface area contributed by atoms with Gasteiger partial charge in [-0.3, -0.25) is 0 Å². The van der Waals surface area contributed by atoms with Crippen LogP contribution in [0.3, 0.4) is 0 Å². The summed E-state index contributed by atoms with van der Waals surface area (Å²) in [4.78, 5) is 2.51. The molecule has 4 aliphatic rings. The van der Waals surface area contributed by atoms with Crippen LogP contribution in [0.5, 0.6) is 0 Å². The normalized spacial score (nSPS) is 16.2. The summed E-state index contributed by atoms with van der Waals surface area (Å²) < 4.78 is 13.5. The Bertz CT molecular complexity index is 4530. The fraction of sp³-hybridized carbons (Fsp3) is 0.167. The molecule has 0 radical (unpaired) electrons. The number of hydrogen-bond donors (Lipinski definition) is 0. The molecular weight excluding hydrogens is 911 g/mol. The van der Waals surface area contributed by atoms with Crippen LogP contribution in [-0.4, -0.2) is 0 Å². The number of rotatable bonds is 4. The number of fused-ring (bicyclic) bond motifs is 22. The second kappa shape index (κ2) is 14.3. The van der Waals surface area contributed by atoms with Crippen molar-refractivity contribution in [1.82, 2.24) is 0 Å². The number of furan rings is 2. The first-order chi connectivity index (χ1) is 36.2. The summed E-state index contributed by atoms with van der Waals surface area (Å²) in [5.74, 6) is 0. The molecule has 0 amide bonds. The minimum Gasteiger partial charge on any atom is -0.456 e. The van der Waals surface area contributed by atoms with Crippen molar-refractivity contribution in [3.8, 4) is 55.6 Å². The highest BCUT2D eigenvalue weighted by Crippen LogP contribution is 2.64. The van der Waals surface area contributed by atoms with Crippen LogP contribution in [0.15, 0.2) is 197 Å². The lowest BCUT2D eigenvalue weighted by molar-refractivity contribution is 0.600. The van der Waals surface area contributed by atoms with Gasteiger partial charge < -0.3 is 13.7 Å². The largest absolute Gasteiger partial charge is 0.456 e. The van der Waals surface area contributed by atoms with Crippen molar-refractivity contribution in [2.45, 2.75) is 77.0 Å². The summed E-state index contributed by atoms with van der Waals surface area (Å²) >= 11 is 0. The molecule has 3 nitrogen and oxygen atoms in total. The Morgan fingerprint density at radius 1 is 0.307 bits per heavy atom. The zero-order valence-electron chi connectivity index (χ0n) is 43.7. The first kappa shape index (κ1) is 43.0. The van der Waals surface area contributed by atoms with Gasteiger partial charge >= 0.3 is 0 Å². The second-order valence-corrected chi connectivity index (χ2v) is 24.0. The predicted octanol–water partition coefficient (Wildman–Crippen LogP) is 19.8. The molecule has 0 bridgehead atoms. The van der Waals surface area contributed by atoms with Gasteiger partial charge in [-0.2, -0.15) is 0 Å². The molecular formula is C72H55NO2. The van der Waals surface area contributed by atoms with Gasteiger partial charge in [0.1, 0.15) is 22.3 Å². The van der Waals surface area contributed by atoms with Crippen molar-refractivity contribution in [3.05, 3.63) is 233 Å². The summed E-state index contributed by atoms with van der Waals surface area (Å²) in [5.41, 5.74) is 29.9. The SMILES string of the molecule is CC1(C)c2cc(N(c3cccc(-c4ccccc4)c3)c3ccc4c(c3)C(C)(C)c3c5c(c6oc7ccccc7c6c3-4)-c3ccccc3C5(C)C)ccc2-c2cc3c(cc21)-c1c(ccc2oc4ccccc4c12)C3(C)C. The van der Waals surface area contributed by atoms with E-state index in [0.29, 0.717) is 0 Å². The first-order valence-electron chi connectivity index (χ1n) is 26.7. The van der Waals surface area contributed by atoms with E-state index in [1.54, 1.807) is 0 Å². The molecule has 75 heavy (non-hydrogen) atoms. The van der Waals surface area contributed by atoms with E-state index in [4.69, 9.17) is 8.83 Å². The zero-order chi connectivity index (χ0) is 50.7. The lowest BCUT2D eigenvalue weighted by Crippen LogP contribution is -2.24. The van der Waals surface area contributed by atoms with Crippen LogP contribution in [-0.2, 0) is 21.7 Å². The van der Waals surface area contributed by atoms with Gasteiger partial charge in [-0.25, -0.2) is 0 Å². The molecule has 12 aromatic rings. The molecule has 360 valence electrons. The quantitative estimate of drug-likeness (QED) is 0.176. The maximum atomic E-state index is 7.02. The summed E-state index contributed by atoms with van der Waals surface area (Å²) in [7, 11) is 0. The Morgan fingerprint density at radius 2 is 0.853 bits per heavy atom. The molecule has 16 rings (SSSR count). The second-order valence-electron chi connectivity index (χ2n) is 24.0. The topological polar surface area (TPSA) is 29.5 Å². The molecule has 0 spiro atoms. The van der Waals surface area contributed by atoms with Gasteiger partial charge in [-0.05, 0) is 161 Å². The Hall–Kier alpha value is -8.40. The molecule has 0 atom stereocenters. The molecule has 0 saturated carbocycles. The van der Waals surface area contributed by atoms with Crippen LogP contribution in [0.25, 0.3) is 99.5 Å². The highest BCUT2D eigenvalue weighted by molar-refractivity contribution is 6.21. The van der Waals surface area contributed by atoms with Gasteiger partial charge in [0.05, 0.1) is 0 Å². The molecule has 3 heteroatoms. The van der Waals surface area contributed by atoms with E-state index >= 15 is 0 Å². The average Bonchev–Trinajstić information content (AvgIpc) is 4.42. The third-order valence-corrected chi connectivity index (χ3v) is 18.6. The zero-order valence-corrected chi connectivity index (χ0v) is 43.7. The Kier molecular flexibility index (Phi) is 8.18. The van der Waals surface area contributed by atoms with Crippen molar-refractivity contribution >= 4 is 60.9 Å². The highest BCUT2D eigenvalue weighted by Gasteiger charge is 2.49. The molecule has 0 unspecified atom stereocenters. The van der Waals surface area contributed by atoms with E-state index in [1.165, 1.54) is 122 Å². The van der Waals surface area contributed by atoms with Gasteiger partial charge in [0.15, 0.2) is 0 Å². The van der Waals surface area contributed by atoms with E-state index in [-0.39, 0.29) is 21.7 Å². The fourth-order valence-corrected chi connectivity index (χ4v) is 15.0. The molecule has 10 aromatic carbocycles. The minimum absolute atomic E-state index is 0.184. The van der Waals surface area contributed by atoms with Crippen molar-refractivity contribution in [3.63, 3.8) is 0 Å². The van der Waals surface area contributed by atoms with Crippen LogP contribution in [0.2, 0.25) is 0 Å². The monoisotopic (exact) mass is 965 g/mol. The lowest BCUT2D eigenvalue weighted by Gasteiger charge is -2.32. The van der Waals surface area contributed by atoms with Crippen molar-refractivity contribution in [1.29, 1.82) is 0 Å². The van der Waals surface area contributed by atoms with Crippen LogP contribution >= 0.6 is 0 Å². The fourth-order valence-electron chi connectivity index (χ4n) is 15.0. The highest BCUT2D eigenvalue weighted by atomic mass is 16.3. The van der Waals surface area contributed by atoms with Crippen LogP contribution in [0.1, 0.15) is 99.9 Å². The number of benzene rings is 10. The van der Waals surface area contributed by atoms with E-state index in [0.717, 1.165) is 39.4 Å². The third-order valence-electron chi connectivity index (χ3n) is 18.6. The van der Waals surface area contributed by atoms with E-state index in [9.17, 15) is 0 Å². The standard InChI is InChI=1S/C72H55NO2/c1-69(2)53-33-34-60-62(48-24-13-16-27-58(48)74-60)61(53)51-39-56-50(38-57(51)69)45-31-29-43(36-54(45)70(56,3)4)73(42-22-18-21-41(35-42)40-19-10-9-11-20-40)44-30-32-47-55(37-44)72(7,8)66-63(47)64-49-25-14-17-28-59(49)75-68(64)65-46-23-12-15-26-52(46)71(5,6)67(65)66/h9-39H,1-8H3. The number of para-hydroxylation sites is 2. The van der Waals surface area contributed by atoms with Crippen LogP contribution < -0.4 is 4.90 Å². The maximum Gasteiger partial charge on any atom is 0.144 e. The maximum absolute atomic E-state index is 7.02. The summed E-state index contributed by atoms with van der Waals surface area (Å²) in [5, 5.41) is 4.79. The number of hydrogen-bond acceptors (Lipinski definition) is 3. The first-order valence-corrected chi connectivity index (χ1v) is 26.7. The minimum atomic E-state index is -0.336. The molecule has 0 saturated heterocycles. The van der Waals surface area contributed by atoms with Crippen LogP contribution in [0.4, 0.5) is 17.1 Å². The van der Waals surface area contributed by atoms with Gasteiger partial charge in [0.25, 0.3) is 0 Å². The van der Waals surface area contributed by atoms with Gasteiger partial charge in [0, 0.05) is 65.8 Å². The molecule has 2 aromatic heterocycles. The Labute approximate surface area is 437 Å². The summed E-state index contributed by atoms with van der Waals surface area (Å²) in [6.45, 7) is 19.4. The van der Waals surface area contributed by atoms with Crippen molar-refractivity contribution < 1.29 is 8.83 Å². The molecule has 0 N–H and O–H groups in total. The third kappa shape index (κ3) is 5.40. The van der Waals surface area contributed by atoms with Crippen molar-refractivity contribution in [2.24, 2.45) is 0 Å². The van der Waals surface area contributed by atoms with Gasteiger partial charge in [-0.15, -0.1) is 0 Å². The summed E-state index contributed by atoms with van der Waals surface area (Å²) in [6.07, 6.45) is 0. The predicted molar refractivity (Wildman–Crippen MR) is 311 cm³/mol. The van der Waals surface area contributed by atoms with Gasteiger partial charge in [-0.1, -0.05) is 177 Å². The Balaban J connectivity index is 0.895. The van der Waals surface area contributed by atoms with E-state index < -0.39 is 0 Å². The number of nitrogens with zero attached hydrogens (tertiary/aromatic N) is 1. The van der Waals surface area contributed by atoms with E-state index in [1.807, 2.05) is 0 Å². The molecule has 2 heterocycles. The summed E-state index contributed by atoms with van der Waals surface area (Å²) in [6, 6.07) is 70.2. The smallest absolute Gasteiger partial charge is 0.144 e. The number of anilines is 3. The molecule has 4 aliphatic carbocycles. The Morgan fingerprint density at radius 3 is 1.63 bits per heavy atom. The van der Waals surface area contributed by atoms with Crippen molar-refractivity contribution in [2.75, 3.05) is 4.90 Å². The lowest BCUT2D eigenvalue weighted by atomic mass is 9.72. The molecule has 0 aliphatic heterocycles. The van der Waals surface area contributed by atoms with Gasteiger partial charge in [0.2, 0.25) is 0 Å². The van der Waals surface area contributed by atoms with E-state index in [2.05, 4.69) is 248 Å². The molecule has 0 fully saturated rings. The average molecular weight is 966 g/mol. The van der Waals surface area contributed by atoms with Crippen LogP contribution in [0, 0.1) is 0 Å².